The summed E-state index contributed by atoms with van der Waals surface area (Å²) < 4.78 is 0. The molecule has 2 amide bonds. The van der Waals surface area contributed by atoms with Crippen LogP contribution in [0.15, 0.2) is 23.3 Å². The van der Waals surface area contributed by atoms with Gasteiger partial charge in [-0.2, -0.15) is 5.10 Å². The number of nitrogens with one attached hydrogen (secondary N) is 2. The molecule has 0 aliphatic heterocycles. The van der Waals surface area contributed by atoms with Crippen LogP contribution in [0.3, 0.4) is 0 Å². The van der Waals surface area contributed by atoms with Crippen LogP contribution in [0, 0.1) is 0 Å². The molecule has 0 heterocycles. The fourth-order valence-corrected chi connectivity index (χ4v) is 2.99. The molecule has 4 nitrogen and oxygen atoms in total. The van der Waals surface area contributed by atoms with E-state index >= 15 is 0 Å². The standard InChI is InChI=1S/C15H19Cl2N3O/c1-10(13-8-7-11(16)9-14(13)17)19-20-15(21)18-12-5-3-2-4-6-12/h7-9,12H,2-6H2,1H3,(H2,18,20,21). The maximum Gasteiger partial charge on any atom is 0.335 e. The molecule has 0 unspecified atom stereocenters. The Labute approximate surface area is 134 Å². The molecule has 1 aromatic rings. The number of amides is 2. The monoisotopic (exact) mass is 327 g/mol. The Bertz CT molecular complexity index is 540. The second kappa shape index (κ2) is 7.66. The fourth-order valence-electron chi connectivity index (χ4n) is 2.44. The number of carbonyl (C=O) groups is 1. The molecule has 6 heteroatoms. The molecular weight excluding hydrogens is 309 g/mol. The smallest absolute Gasteiger partial charge is 0.334 e. The van der Waals surface area contributed by atoms with Gasteiger partial charge in [-0.3, -0.25) is 0 Å². The molecule has 2 N–H and O–H groups in total. The van der Waals surface area contributed by atoms with E-state index in [0.29, 0.717) is 15.8 Å². The third-order valence-electron chi connectivity index (χ3n) is 3.59. The number of hydrogen-bond acceptors (Lipinski definition) is 2. The van der Waals surface area contributed by atoms with E-state index in [1.165, 1.54) is 19.3 Å². The largest absolute Gasteiger partial charge is 0.335 e. The van der Waals surface area contributed by atoms with Crippen molar-refractivity contribution in [2.45, 2.75) is 45.1 Å². The van der Waals surface area contributed by atoms with Gasteiger partial charge in [0.05, 0.1) is 10.7 Å². The maximum atomic E-state index is 11.8. The van der Waals surface area contributed by atoms with Crippen LogP contribution >= 0.6 is 23.2 Å². The zero-order valence-electron chi connectivity index (χ0n) is 12.0. The van der Waals surface area contributed by atoms with Gasteiger partial charge in [-0.1, -0.05) is 48.5 Å². The Hall–Kier alpha value is -1.26. The van der Waals surface area contributed by atoms with Gasteiger partial charge in [-0.05, 0) is 31.9 Å². The summed E-state index contributed by atoms with van der Waals surface area (Å²) in [6.45, 7) is 1.79. The van der Waals surface area contributed by atoms with E-state index in [4.69, 9.17) is 23.2 Å². The van der Waals surface area contributed by atoms with Crippen LogP contribution in [0.1, 0.15) is 44.6 Å². The molecule has 0 radical (unpaired) electrons. The number of benzene rings is 1. The van der Waals surface area contributed by atoms with Crippen molar-refractivity contribution in [2.24, 2.45) is 5.10 Å². The SMILES string of the molecule is CC(=NNC(=O)NC1CCCCC1)c1ccc(Cl)cc1Cl. The van der Waals surface area contributed by atoms with Crippen molar-refractivity contribution in [1.29, 1.82) is 0 Å². The average Bonchev–Trinajstić information content (AvgIpc) is 2.46. The summed E-state index contributed by atoms with van der Waals surface area (Å²) in [5.41, 5.74) is 3.90. The Morgan fingerprint density at radius 1 is 1.24 bits per heavy atom. The van der Waals surface area contributed by atoms with Crippen molar-refractivity contribution in [3.8, 4) is 0 Å². The van der Waals surface area contributed by atoms with Crippen molar-refractivity contribution >= 4 is 34.9 Å². The molecule has 0 spiro atoms. The molecule has 1 saturated carbocycles. The van der Waals surface area contributed by atoms with Crippen molar-refractivity contribution in [3.63, 3.8) is 0 Å². The fraction of sp³-hybridized carbons (Fsp3) is 0.467. The van der Waals surface area contributed by atoms with Gasteiger partial charge in [-0.15, -0.1) is 0 Å². The Morgan fingerprint density at radius 3 is 2.62 bits per heavy atom. The summed E-state index contributed by atoms with van der Waals surface area (Å²) in [5, 5.41) is 8.10. The van der Waals surface area contributed by atoms with E-state index in [9.17, 15) is 4.79 Å². The van der Waals surface area contributed by atoms with Crippen molar-refractivity contribution in [3.05, 3.63) is 33.8 Å². The normalized spacial score (nSPS) is 16.6. The Morgan fingerprint density at radius 2 is 1.95 bits per heavy atom. The van der Waals surface area contributed by atoms with E-state index in [1.54, 1.807) is 25.1 Å². The second-order valence-electron chi connectivity index (χ2n) is 5.24. The molecule has 0 bridgehead atoms. The summed E-state index contributed by atoms with van der Waals surface area (Å²) >= 11 is 12.0. The highest BCUT2D eigenvalue weighted by Gasteiger charge is 2.15. The predicted octanol–water partition coefficient (Wildman–Crippen LogP) is 4.35. The van der Waals surface area contributed by atoms with Gasteiger partial charge in [0.2, 0.25) is 0 Å². The van der Waals surface area contributed by atoms with Gasteiger partial charge in [0.1, 0.15) is 0 Å². The van der Waals surface area contributed by atoms with E-state index in [2.05, 4.69) is 15.8 Å². The van der Waals surface area contributed by atoms with E-state index in [1.807, 2.05) is 0 Å². The lowest BCUT2D eigenvalue weighted by molar-refractivity contribution is 0.233. The van der Waals surface area contributed by atoms with Crippen LogP contribution in [0.2, 0.25) is 10.0 Å². The molecule has 21 heavy (non-hydrogen) atoms. The van der Waals surface area contributed by atoms with Gasteiger partial charge in [0.25, 0.3) is 0 Å². The minimum Gasteiger partial charge on any atom is -0.334 e. The van der Waals surface area contributed by atoms with Crippen LogP contribution in [0.4, 0.5) is 4.79 Å². The topological polar surface area (TPSA) is 53.5 Å². The first-order valence-electron chi connectivity index (χ1n) is 7.12. The zero-order valence-corrected chi connectivity index (χ0v) is 13.5. The number of urea groups is 1. The quantitative estimate of drug-likeness (QED) is 0.629. The minimum atomic E-state index is -0.272. The van der Waals surface area contributed by atoms with Gasteiger partial charge < -0.3 is 5.32 Å². The van der Waals surface area contributed by atoms with Gasteiger partial charge in [0, 0.05) is 16.6 Å². The third-order valence-corrected chi connectivity index (χ3v) is 4.13. The summed E-state index contributed by atoms with van der Waals surface area (Å²) in [4.78, 5) is 11.8. The Balaban J connectivity index is 1.91. The first-order chi connectivity index (χ1) is 10.1. The molecule has 0 saturated heterocycles. The van der Waals surface area contributed by atoms with Crippen LogP contribution in [-0.2, 0) is 0 Å². The Kier molecular flexibility index (Phi) is 5.88. The van der Waals surface area contributed by atoms with Crippen LogP contribution < -0.4 is 10.7 Å². The molecule has 2 rings (SSSR count). The minimum absolute atomic E-state index is 0.258. The zero-order chi connectivity index (χ0) is 15.2. The van der Waals surface area contributed by atoms with Crippen LogP contribution in [-0.4, -0.2) is 17.8 Å². The van der Waals surface area contributed by atoms with Gasteiger partial charge in [0.15, 0.2) is 0 Å². The van der Waals surface area contributed by atoms with Crippen molar-refractivity contribution in [2.75, 3.05) is 0 Å². The lowest BCUT2D eigenvalue weighted by Gasteiger charge is -2.22. The lowest BCUT2D eigenvalue weighted by atomic mass is 9.96. The molecule has 1 fully saturated rings. The number of nitrogens with zero attached hydrogens (tertiary/aromatic N) is 1. The first kappa shape index (κ1) is 16.1. The molecule has 114 valence electrons. The van der Waals surface area contributed by atoms with E-state index < -0.39 is 0 Å². The lowest BCUT2D eigenvalue weighted by Crippen LogP contribution is -2.41. The summed E-state index contributed by atoms with van der Waals surface area (Å²) in [7, 11) is 0. The number of hydrazone groups is 1. The molecule has 1 aliphatic rings. The highest BCUT2D eigenvalue weighted by molar-refractivity contribution is 6.37. The van der Waals surface area contributed by atoms with Gasteiger partial charge >= 0.3 is 6.03 Å². The van der Waals surface area contributed by atoms with Crippen molar-refractivity contribution < 1.29 is 4.79 Å². The molecule has 0 atom stereocenters. The third kappa shape index (κ3) is 4.90. The van der Waals surface area contributed by atoms with Crippen LogP contribution in [0.25, 0.3) is 0 Å². The van der Waals surface area contributed by atoms with Crippen molar-refractivity contribution in [1.82, 2.24) is 10.7 Å². The molecule has 0 aromatic heterocycles. The highest BCUT2D eigenvalue weighted by atomic mass is 35.5. The second-order valence-corrected chi connectivity index (χ2v) is 6.09. The summed E-state index contributed by atoms with van der Waals surface area (Å²) in [5.74, 6) is 0. The number of hydrogen-bond donors (Lipinski definition) is 2. The maximum absolute atomic E-state index is 11.8. The highest BCUT2D eigenvalue weighted by Crippen LogP contribution is 2.21. The van der Waals surface area contributed by atoms with E-state index in [-0.39, 0.29) is 12.1 Å². The molecular formula is C15H19Cl2N3O. The average molecular weight is 328 g/mol. The summed E-state index contributed by atoms with van der Waals surface area (Å²) in [6, 6.07) is 5.16. The van der Waals surface area contributed by atoms with E-state index in [0.717, 1.165) is 18.4 Å². The molecule has 1 aromatic carbocycles. The van der Waals surface area contributed by atoms with Crippen LogP contribution in [0.5, 0.6) is 0 Å². The first-order valence-corrected chi connectivity index (χ1v) is 7.88. The summed E-state index contributed by atoms with van der Waals surface area (Å²) in [6.07, 6.45) is 5.69. The number of halogens is 2. The molecule has 1 aliphatic carbocycles. The number of carbonyl (C=O) groups excluding carboxylic acids is 1. The number of rotatable bonds is 3. The predicted molar refractivity (Wildman–Crippen MR) is 87.2 cm³/mol. The van der Waals surface area contributed by atoms with Gasteiger partial charge in [-0.25, -0.2) is 10.2 Å².